The Kier molecular flexibility index (Phi) is 5.77. The standard InChI is InChI=1S/C25H21N5O3S/c1-15-7-9-17(10-8-15)19-13-34-24-22(19)25(32)30(14-26-24)12-11-21(31)28-20-6-4-3-5-18(20)23-27-16(2)33-29-23/h3-10,13-14H,11-12H2,1-2H3,(H,28,31). The van der Waals surface area contributed by atoms with Gasteiger partial charge < -0.3 is 9.84 Å². The summed E-state index contributed by atoms with van der Waals surface area (Å²) >= 11 is 1.44. The van der Waals surface area contributed by atoms with Crippen LogP contribution in [0, 0.1) is 13.8 Å². The van der Waals surface area contributed by atoms with E-state index in [4.69, 9.17) is 4.52 Å². The average Bonchev–Trinajstić information content (AvgIpc) is 3.46. The maximum absolute atomic E-state index is 13.2. The molecule has 1 amide bonds. The fourth-order valence-corrected chi connectivity index (χ4v) is 4.61. The zero-order valence-corrected chi connectivity index (χ0v) is 19.4. The van der Waals surface area contributed by atoms with Crippen LogP contribution < -0.4 is 10.9 Å². The summed E-state index contributed by atoms with van der Waals surface area (Å²) in [6.45, 7) is 3.94. The molecule has 0 bridgehead atoms. The van der Waals surface area contributed by atoms with E-state index in [-0.39, 0.29) is 24.4 Å². The molecule has 170 valence electrons. The minimum absolute atomic E-state index is 0.108. The fraction of sp³-hybridized carbons (Fsp3) is 0.160. The molecule has 8 nitrogen and oxygen atoms in total. The molecule has 0 fully saturated rings. The second kappa shape index (κ2) is 9.03. The smallest absolute Gasteiger partial charge is 0.262 e. The Hall–Kier alpha value is -4.11. The topological polar surface area (TPSA) is 103 Å². The van der Waals surface area contributed by atoms with E-state index in [1.54, 1.807) is 13.0 Å². The number of hydrogen-bond acceptors (Lipinski definition) is 7. The quantitative estimate of drug-likeness (QED) is 0.381. The number of hydrogen-bond donors (Lipinski definition) is 1. The zero-order chi connectivity index (χ0) is 23.7. The molecule has 0 saturated heterocycles. The molecule has 0 saturated carbocycles. The van der Waals surface area contributed by atoms with E-state index in [0.29, 0.717) is 33.2 Å². The van der Waals surface area contributed by atoms with Crippen molar-refractivity contribution in [1.29, 1.82) is 0 Å². The van der Waals surface area contributed by atoms with E-state index >= 15 is 0 Å². The van der Waals surface area contributed by atoms with E-state index in [2.05, 4.69) is 20.4 Å². The number of carbonyl (C=O) groups excluding carboxylic acids is 1. The van der Waals surface area contributed by atoms with Gasteiger partial charge in [-0.25, -0.2) is 4.98 Å². The summed E-state index contributed by atoms with van der Waals surface area (Å²) in [5.41, 5.74) is 4.07. The summed E-state index contributed by atoms with van der Waals surface area (Å²) in [6, 6.07) is 15.3. The number of aromatic nitrogens is 4. The zero-order valence-electron chi connectivity index (χ0n) is 18.6. The van der Waals surface area contributed by atoms with Gasteiger partial charge in [-0.15, -0.1) is 11.3 Å². The third kappa shape index (κ3) is 4.25. The highest BCUT2D eigenvalue weighted by Gasteiger charge is 2.15. The normalized spacial score (nSPS) is 11.1. The molecule has 0 aliphatic heterocycles. The molecule has 9 heteroatoms. The summed E-state index contributed by atoms with van der Waals surface area (Å²) in [4.78, 5) is 35.3. The van der Waals surface area contributed by atoms with Crippen LogP contribution in [0.3, 0.4) is 0 Å². The number of anilines is 1. The number of nitrogens with one attached hydrogen (secondary N) is 1. The van der Waals surface area contributed by atoms with Crippen LogP contribution in [-0.4, -0.2) is 25.6 Å². The molecule has 0 atom stereocenters. The van der Waals surface area contributed by atoms with Crippen LogP contribution in [0.2, 0.25) is 0 Å². The molecule has 0 aliphatic rings. The first-order valence-electron chi connectivity index (χ1n) is 10.7. The molecular weight excluding hydrogens is 450 g/mol. The highest BCUT2D eigenvalue weighted by atomic mass is 32.1. The first-order chi connectivity index (χ1) is 16.5. The van der Waals surface area contributed by atoms with Crippen LogP contribution in [0.15, 0.2) is 69.6 Å². The minimum atomic E-state index is -0.233. The van der Waals surface area contributed by atoms with Crippen molar-refractivity contribution in [2.45, 2.75) is 26.8 Å². The number of aryl methyl sites for hydroxylation is 3. The number of para-hydroxylation sites is 1. The highest BCUT2D eigenvalue weighted by molar-refractivity contribution is 7.17. The van der Waals surface area contributed by atoms with Gasteiger partial charge in [-0.1, -0.05) is 47.1 Å². The van der Waals surface area contributed by atoms with Gasteiger partial charge in [0.1, 0.15) is 4.83 Å². The second-order valence-electron chi connectivity index (χ2n) is 7.92. The first-order valence-corrected chi connectivity index (χ1v) is 11.6. The van der Waals surface area contributed by atoms with Gasteiger partial charge in [-0.2, -0.15) is 4.98 Å². The molecule has 0 aliphatic carbocycles. The SMILES string of the molecule is Cc1ccc(-c2csc3ncn(CCC(=O)Nc4ccccc4-c4noc(C)n4)c(=O)c23)cc1. The van der Waals surface area contributed by atoms with Crippen LogP contribution in [0.25, 0.3) is 32.7 Å². The summed E-state index contributed by atoms with van der Waals surface area (Å²) < 4.78 is 6.54. The van der Waals surface area contributed by atoms with Crippen LogP contribution in [0.5, 0.6) is 0 Å². The molecule has 34 heavy (non-hydrogen) atoms. The van der Waals surface area contributed by atoms with E-state index in [9.17, 15) is 9.59 Å². The van der Waals surface area contributed by atoms with Gasteiger partial charge in [0.05, 0.1) is 17.4 Å². The monoisotopic (exact) mass is 471 g/mol. The average molecular weight is 472 g/mol. The van der Waals surface area contributed by atoms with Crippen molar-refractivity contribution in [3.8, 4) is 22.5 Å². The molecule has 2 aromatic carbocycles. The van der Waals surface area contributed by atoms with E-state index in [1.165, 1.54) is 22.2 Å². The van der Waals surface area contributed by atoms with Crippen molar-refractivity contribution in [2.75, 3.05) is 5.32 Å². The third-order valence-corrected chi connectivity index (χ3v) is 6.36. The van der Waals surface area contributed by atoms with Gasteiger partial charge in [0.2, 0.25) is 17.6 Å². The number of amides is 1. The summed E-state index contributed by atoms with van der Waals surface area (Å²) in [5, 5.41) is 9.35. The lowest BCUT2D eigenvalue weighted by Gasteiger charge is -2.10. The number of fused-ring (bicyclic) bond motifs is 1. The van der Waals surface area contributed by atoms with Crippen molar-refractivity contribution in [3.63, 3.8) is 0 Å². The Bertz CT molecular complexity index is 1550. The summed E-state index contributed by atoms with van der Waals surface area (Å²) in [7, 11) is 0. The lowest BCUT2D eigenvalue weighted by atomic mass is 10.1. The molecule has 0 radical (unpaired) electrons. The number of benzene rings is 2. The Labute approximate surface area is 198 Å². The van der Waals surface area contributed by atoms with Crippen molar-refractivity contribution in [1.82, 2.24) is 19.7 Å². The Balaban J connectivity index is 1.35. The maximum Gasteiger partial charge on any atom is 0.262 e. The molecule has 0 unspecified atom stereocenters. The molecule has 3 aromatic heterocycles. The van der Waals surface area contributed by atoms with Crippen LogP contribution in [0.1, 0.15) is 17.9 Å². The van der Waals surface area contributed by atoms with Gasteiger partial charge in [0.15, 0.2) is 0 Å². The predicted molar refractivity (Wildman–Crippen MR) is 132 cm³/mol. The lowest BCUT2D eigenvalue weighted by molar-refractivity contribution is -0.116. The summed E-state index contributed by atoms with van der Waals surface area (Å²) in [5.74, 6) is 0.612. The molecular formula is C25H21N5O3S. The fourth-order valence-electron chi connectivity index (χ4n) is 3.70. The Morgan fingerprint density at radius 2 is 1.88 bits per heavy atom. The van der Waals surface area contributed by atoms with Crippen molar-refractivity contribution in [2.24, 2.45) is 0 Å². The number of rotatable bonds is 6. The van der Waals surface area contributed by atoms with Crippen LogP contribution >= 0.6 is 11.3 Å². The van der Waals surface area contributed by atoms with Gasteiger partial charge in [0.25, 0.3) is 5.56 Å². The second-order valence-corrected chi connectivity index (χ2v) is 8.78. The number of carbonyl (C=O) groups is 1. The van der Waals surface area contributed by atoms with Gasteiger partial charge in [-0.05, 0) is 24.6 Å². The van der Waals surface area contributed by atoms with Crippen LogP contribution in [-0.2, 0) is 11.3 Å². The molecule has 1 N–H and O–H groups in total. The molecule has 5 rings (SSSR count). The van der Waals surface area contributed by atoms with Crippen molar-refractivity contribution in [3.05, 3.63) is 82.0 Å². The van der Waals surface area contributed by atoms with Gasteiger partial charge in [-0.3, -0.25) is 14.2 Å². The molecule has 3 heterocycles. The number of thiophene rings is 1. The van der Waals surface area contributed by atoms with Crippen LogP contribution in [0.4, 0.5) is 5.69 Å². The van der Waals surface area contributed by atoms with Crippen molar-refractivity contribution >= 4 is 33.1 Å². The Morgan fingerprint density at radius 1 is 1.09 bits per heavy atom. The van der Waals surface area contributed by atoms with E-state index in [0.717, 1.165) is 16.7 Å². The maximum atomic E-state index is 13.2. The summed E-state index contributed by atoms with van der Waals surface area (Å²) in [6.07, 6.45) is 1.61. The lowest BCUT2D eigenvalue weighted by Crippen LogP contribution is -2.23. The third-order valence-electron chi connectivity index (χ3n) is 5.47. The van der Waals surface area contributed by atoms with Crippen molar-refractivity contribution < 1.29 is 9.32 Å². The molecule has 0 spiro atoms. The first kappa shape index (κ1) is 21.7. The van der Waals surface area contributed by atoms with Gasteiger partial charge >= 0.3 is 0 Å². The molecule has 5 aromatic rings. The number of nitrogens with zero attached hydrogens (tertiary/aromatic N) is 4. The van der Waals surface area contributed by atoms with E-state index in [1.807, 2.05) is 54.8 Å². The Morgan fingerprint density at radius 3 is 2.65 bits per heavy atom. The van der Waals surface area contributed by atoms with Gasteiger partial charge in [0, 0.05) is 36.4 Å². The van der Waals surface area contributed by atoms with E-state index < -0.39 is 0 Å². The minimum Gasteiger partial charge on any atom is -0.339 e. The highest BCUT2D eigenvalue weighted by Crippen LogP contribution is 2.31. The largest absolute Gasteiger partial charge is 0.339 e. The predicted octanol–water partition coefficient (Wildman–Crippen LogP) is 4.82.